The van der Waals surface area contributed by atoms with Crippen molar-refractivity contribution in [2.75, 3.05) is 13.6 Å². The third-order valence-corrected chi connectivity index (χ3v) is 2.93. The van der Waals surface area contributed by atoms with Gasteiger partial charge in [0.2, 0.25) is 0 Å². The van der Waals surface area contributed by atoms with Crippen LogP contribution in [0.25, 0.3) is 0 Å². The van der Waals surface area contributed by atoms with Crippen molar-refractivity contribution in [1.82, 2.24) is 4.90 Å². The molecule has 2 aliphatic rings. The van der Waals surface area contributed by atoms with Gasteiger partial charge in [-0.1, -0.05) is 0 Å². The molecular weight excluding hydrogens is 138 g/mol. The lowest BCUT2D eigenvalue weighted by Crippen LogP contribution is -2.42. The summed E-state index contributed by atoms with van der Waals surface area (Å²) in [4.78, 5) is 6.27. The maximum Gasteiger partial charge on any atom is 0.191 e. The van der Waals surface area contributed by atoms with Crippen LogP contribution in [0.4, 0.5) is 0 Å². The molecular formula is C8H15N3. The van der Waals surface area contributed by atoms with Crippen LogP contribution in [0.15, 0.2) is 4.99 Å². The Hall–Kier alpha value is -0.730. The zero-order valence-corrected chi connectivity index (χ0v) is 6.95. The van der Waals surface area contributed by atoms with E-state index in [1.54, 1.807) is 7.05 Å². The van der Waals surface area contributed by atoms with Crippen molar-refractivity contribution in [1.29, 1.82) is 0 Å². The minimum absolute atomic E-state index is 0.712. The highest BCUT2D eigenvalue weighted by atomic mass is 15.3. The van der Waals surface area contributed by atoms with Crippen LogP contribution in [0, 0.1) is 5.92 Å². The fraction of sp³-hybridized carbons (Fsp3) is 0.875. The summed E-state index contributed by atoms with van der Waals surface area (Å²) in [5, 5.41) is 0. The Labute approximate surface area is 67.3 Å². The molecule has 3 nitrogen and oxygen atoms in total. The van der Waals surface area contributed by atoms with Crippen LogP contribution >= 0.6 is 0 Å². The standard InChI is InChI=1S/C8H15N3/c1-10-8(9)11-5-6-2-3-7(11)4-6/h6-7H,2-5H2,1H3,(H2,9,10). The van der Waals surface area contributed by atoms with E-state index < -0.39 is 0 Å². The van der Waals surface area contributed by atoms with Crippen molar-refractivity contribution >= 4 is 5.96 Å². The second-order valence-corrected chi connectivity index (χ2v) is 3.57. The largest absolute Gasteiger partial charge is 0.370 e. The Morgan fingerprint density at radius 3 is 2.82 bits per heavy atom. The van der Waals surface area contributed by atoms with Gasteiger partial charge >= 0.3 is 0 Å². The average molecular weight is 153 g/mol. The molecule has 2 unspecified atom stereocenters. The summed E-state index contributed by atoms with van der Waals surface area (Å²) in [6.07, 6.45) is 4.06. The van der Waals surface area contributed by atoms with Crippen LogP contribution in [0.1, 0.15) is 19.3 Å². The molecule has 2 atom stereocenters. The first-order chi connectivity index (χ1) is 5.31. The van der Waals surface area contributed by atoms with Gasteiger partial charge in [-0.2, -0.15) is 0 Å². The van der Waals surface area contributed by atoms with Gasteiger partial charge in [0.15, 0.2) is 5.96 Å². The van der Waals surface area contributed by atoms with Crippen molar-refractivity contribution in [3.8, 4) is 0 Å². The van der Waals surface area contributed by atoms with Crippen LogP contribution < -0.4 is 5.73 Å². The molecule has 62 valence electrons. The number of hydrogen-bond acceptors (Lipinski definition) is 1. The van der Waals surface area contributed by atoms with Gasteiger partial charge in [0.1, 0.15) is 0 Å². The monoisotopic (exact) mass is 153 g/mol. The molecule has 0 amide bonds. The van der Waals surface area contributed by atoms with Gasteiger partial charge in [0, 0.05) is 19.6 Å². The van der Waals surface area contributed by atoms with Crippen molar-refractivity contribution in [3.05, 3.63) is 0 Å². The fourth-order valence-corrected chi connectivity index (χ4v) is 2.33. The van der Waals surface area contributed by atoms with Gasteiger partial charge in [0.05, 0.1) is 0 Å². The van der Waals surface area contributed by atoms with Crippen LogP contribution in [0.2, 0.25) is 0 Å². The molecule has 0 aromatic carbocycles. The third-order valence-electron chi connectivity index (χ3n) is 2.93. The third kappa shape index (κ3) is 0.988. The summed E-state index contributed by atoms with van der Waals surface area (Å²) in [7, 11) is 1.77. The van der Waals surface area contributed by atoms with Crippen molar-refractivity contribution < 1.29 is 0 Å². The zero-order valence-electron chi connectivity index (χ0n) is 6.95. The van der Waals surface area contributed by atoms with Crippen LogP contribution in [0.5, 0.6) is 0 Å². The lowest BCUT2D eigenvalue weighted by molar-refractivity contribution is 0.324. The summed E-state index contributed by atoms with van der Waals surface area (Å²) in [6.45, 7) is 1.15. The highest BCUT2D eigenvalue weighted by Gasteiger charge is 2.38. The summed E-state index contributed by atoms with van der Waals surface area (Å²) in [5.74, 6) is 1.64. The molecule has 3 heteroatoms. The second kappa shape index (κ2) is 2.40. The lowest BCUT2D eigenvalue weighted by atomic mass is 10.1. The number of rotatable bonds is 0. The summed E-state index contributed by atoms with van der Waals surface area (Å²) in [5.41, 5.74) is 5.74. The minimum atomic E-state index is 0.712. The average Bonchev–Trinajstić information content (AvgIpc) is 2.62. The minimum Gasteiger partial charge on any atom is -0.370 e. The maximum absolute atomic E-state index is 5.74. The van der Waals surface area contributed by atoms with Gasteiger partial charge in [-0.25, -0.2) is 0 Å². The molecule has 0 radical (unpaired) electrons. The highest BCUT2D eigenvalue weighted by Crippen LogP contribution is 2.36. The van der Waals surface area contributed by atoms with E-state index in [-0.39, 0.29) is 0 Å². The van der Waals surface area contributed by atoms with E-state index in [0.717, 1.165) is 18.4 Å². The van der Waals surface area contributed by atoms with Crippen LogP contribution in [-0.2, 0) is 0 Å². The quantitative estimate of drug-likeness (QED) is 0.404. The second-order valence-electron chi connectivity index (χ2n) is 3.57. The molecule has 0 aromatic rings. The highest BCUT2D eigenvalue weighted by molar-refractivity contribution is 5.78. The lowest BCUT2D eigenvalue weighted by Gasteiger charge is -2.27. The van der Waals surface area contributed by atoms with E-state index in [1.165, 1.54) is 19.3 Å². The van der Waals surface area contributed by atoms with Crippen molar-refractivity contribution in [3.63, 3.8) is 0 Å². The molecule has 1 saturated carbocycles. The molecule has 1 aliphatic heterocycles. The van der Waals surface area contributed by atoms with E-state index in [4.69, 9.17) is 5.73 Å². The van der Waals surface area contributed by atoms with Crippen molar-refractivity contribution in [2.45, 2.75) is 25.3 Å². The summed E-state index contributed by atoms with van der Waals surface area (Å²) in [6, 6.07) is 0.712. The molecule has 1 aliphatic carbocycles. The Morgan fingerprint density at radius 2 is 2.36 bits per heavy atom. The number of likely N-dealkylation sites (tertiary alicyclic amines) is 1. The molecule has 0 aromatic heterocycles. The molecule has 1 saturated heterocycles. The van der Waals surface area contributed by atoms with Gasteiger partial charge in [0.25, 0.3) is 0 Å². The van der Waals surface area contributed by atoms with E-state index in [9.17, 15) is 0 Å². The number of nitrogens with two attached hydrogens (primary N) is 1. The number of nitrogens with zero attached hydrogens (tertiary/aromatic N) is 2. The van der Waals surface area contributed by atoms with Gasteiger partial charge in [-0.3, -0.25) is 4.99 Å². The van der Waals surface area contributed by atoms with E-state index in [1.807, 2.05) is 0 Å². The summed E-state index contributed by atoms with van der Waals surface area (Å²) >= 11 is 0. The summed E-state index contributed by atoms with van der Waals surface area (Å²) < 4.78 is 0. The normalized spacial score (nSPS) is 36.8. The Morgan fingerprint density at radius 1 is 1.55 bits per heavy atom. The molecule has 2 rings (SSSR count). The Kier molecular flexibility index (Phi) is 1.51. The van der Waals surface area contributed by atoms with Gasteiger partial charge in [-0.05, 0) is 25.2 Å². The maximum atomic E-state index is 5.74. The molecule has 2 bridgehead atoms. The molecule has 1 heterocycles. The predicted molar refractivity (Wildman–Crippen MR) is 45.4 cm³/mol. The molecule has 0 spiro atoms. The fourth-order valence-electron chi connectivity index (χ4n) is 2.33. The number of fused-ring (bicyclic) bond motifs is 2. The number of aliphatic imine (C=N–C) groups is 1. The SMILES string of the molecule is CN=C(N)N1CC2CCC1C2. The first kappa shape index (κ1) is 6.95. The Bertz CT molecular complexity index is 188. The number of hydrogen-bond donors (Lipinski definition) is 1. The first-order valence-electron chi connectivity index (χ1n) is 4.30. The van der Waals surface area contributed by atoms with Gasteiger partial charge in [-0.15, -0.1) is 0 Å². The smallest absolute Gasteiger partial charge is 0.191 e. The van der Waals surface area contributed by atoms with Crippen molar-refractivity contribution in [2.24, 2.45) is 16.6 Å². The Balaban J connectivity index is 2.08. The number of guanidine groups is 1. The number of piperidine rings is 1. The first-order valence-corrected chi connectivity index (χ1v) is 4.30. The van der Waals surface area contributed by atoms with Gasteiger partial charge < -0.3 is 10.6 Å². The molecule has 2 fully saturated rings. The van der Waals surface area contributed by atoms with E-state index >= 15 is 0 Å². The zero-order chi connectivity index (χ0) is 7.84. The van der Waals surface area contributed by atoms with E-state index in [2.05, 4.69) is 9.89 Å². The van der Waals surface area contributed by atoms with Crippen LogP contribution in [0.3, 0.4) is 0 Å². The molecule has 11 heavy (non-hydrogen) atoms. The topological polar surface area (TPSA) is 41.6 Å². The van der Waals surface area contributed by atoms with Crippen LogP contribution in [-0.4, -0.2) is 30.5 Å². The molecule has 2 N–H and O–H groups in total. The predicted octanol–water partition coefficient (Wildman–Crippen LogP) is 0.415. The van der Waals surface area contributed by atoms with E-state index in [0.29, 0.717) is 6.04 Å².